The lowest BCUT2D eigenvalue weighted by Crippen LogP contribution is -2.32. The van der Waals surface area contributed by atoms with E-state index in [0.29, 0.717) is 12.6 Å². The van der Waals surface area contributed by atoms with Crippen LogP contribution in [0.1, 0.15) is 31.7 Å². The van der Waals surface area contributed by atoms with Crippen molar-refractivity contribution >= 4 is 0 Å². The van der Waals surface area contributed by atoms with Gasteiger partial charge in [-0.2, -0.15) is 0 Å². The Bertz CT molecular complexity index is 474. The van der Waals surface area contributed by atoms with Crippen molar-refractivity contribution in [1.29, 1.82) is 0 Å². The molecule has 0 aromatic heterocycles. The molecule has 0 spiro atoms. The topological polar surface area (TPSA) is 33.7 Å². The van der Waals surface area contributed by atoms with Gasteiger partial charge in [-0.3, -0.25) is 4.90 Å². The zero-order valence-electron chi connectivity index (χ0n) is 13.1. The summed E-state index contributed by atoms with van der Waals surface area (Å²) in [5, 5.41) is 3.68. The SMILES string of the molecule is CCOc1ccc(CNC2CCN(C3CC3)C2)cc1OC. The van der Waals surface area contributed by atoms with Crippen molar-refractivity contribution in [1.82, 2.24) is 10.2 Å². The molecule has 1 aliphatic carbocycles. The Morgan fingerprint density at radius 3 is 2.81 bits per heavy atom. The Kier molecular flexibility index (Phi) is 4.66. The summed E-state index contributed by atoms with van der Waals surface area (Å²) in [4.78, 5) is 2.64. The molecule has 3 rings (SSSR count). The molecule has 1 saturated heterocycles. The normalized spacial score (nSPS) is 22.5. The standard InChI is InChI=1S/C17H26N2O2/c1-3-21-16-7-4-13(10-17(16)20-2)11-18-14-8-9-19(12-14)15-5-6-15/h4,7,10,14-15,18H,3,5-6,8-9,11-12H2,1-2H3. The second kappa shape index (κ2) is 6.67. The Balaban J connectivity index is 1.52. The van der Waals surface area contributed by atoms with E-state index in [0.717, 1.165) is 24.1 Å². The molecule has 1 N–H and O–H groups in total. The van der Waals surface area contributed by atoms with Crippen molar-refractivity contribution in [3.8, 4) is 11.5 Å². The average molecular weight is 290 g/mol. The summed E-state index contributed by atoms with van der Waals surface area (Å²) in [6.45, 7) is 6.01. The van der Waals surface area contributed by atoms with Gasteiger partial charge in [0.2, 0.25) is 0 Å². The van der Waals surface area contributed by atoms with Crippen LogP contribution in [-0.2, 0) is 6.54 Å². The van der Waals surface area contributed by atoms with E-state index in [1.807, 2.05) is 13.0 Å². The average Bonchev–Trinajstić information content (AvgIpc) is 3.25. The first-order chi connectivity index (χ1) is 10.3. The number of benzene rings is 1. The Hall–Kier alpha value is -1.26. The summed E-state index contributed by atoms with van der Waals surface area (Å²) in [6.07, 6.45) is 4.08. The fourth-order valence-corrected chi connectivity index (χ4v) is 3.08. The minimum atomic E-state index is 0.628. The van der Waals surface area contributed by atoms with E-state index >= 15 is 0 Å². The third-order valence-corrected chi connectivity index (χ3v) is 4.41. The highest BCUT2D eigenvalue weighted by molar-refractivity contribution is 5.42. The maximum atomic E-state index is 5.56. The van der Waals surface area contributed by atoms with Crippen molar-refractivity contribution in [2.45, 2.75) is 44.8 Å². The number of likely N-dealkylation sites (tertiary alicyclic amines) is 1. The number of ether oxygens (including phenoxy) is 2. The predicted molar refractivity (Wildman–Crippen MR) is 84.0 cm³/mol. The lowest BCUT2D eigenvalue weighted by molar-refractivity contribution is 0.310. The molecule has 1 atom stereocenters. The van der Waals surface area contributed by atoms with E-state index in [1.54, 1.807) is 7.11 Å². The number of hydrogen-bond donors (Lipinski definition) is 1. The second-order valence-corrected chi connectivity index (χ2v) is 6.01. The Morgan fingerprint density at radius 1 is 1.24 bits per heavy atom. The summed E-state index contributed by atoms with van der Waals surface area (Å²) in [7, 11) is 1.69. The molecule has 4 heteroatoms. The van der Waals surface area contributed by atoms with Gasteiger partial charge in [0.15, 0.2) is 11.5 Å². The number of hydrogen-bond acceptors (Lipinski definition) is 4. The van der Waals surface area contributed by atoms with Gasteiger partial charge in [0.1, 0.15) is 0 Å². The second-order valence-electron chi connectivity index (χ2n) is 6.01. The fraction of sp³-hybridized carbons (Fsp3) is 0.647. The van der Waals surface area contributed by atoms with Crippen molar-refractivity contribution in [3.05, 3.63) is 23.8 Å². The highest BCUT2D eigenvalue weighted by atomic mass is 16.5. The van der Waals surface area contributed by atoms with Gasteiger partial charge in [0.05, 0.1) is 13.7 Å². The fourth-order valence-electron chi connectivity index (χ4n) is 3.08. The van der Waals surface area contributed by atoms with Crippen LogP contribution in [0.15, 0.2) is 18.2 Å². The molecular weight excluding hydrogens is 264 g/mol. The van der Waals surface area contributed by atoms with Crippen LogP contribution >= 0.6 is 0 Å². The molecule has 4 nitrogen and oxygen atoms in total. The first kappa shape index (κ1) is 14.7. The molecule has 21 heavy (non-hydrogen) atoms. The van der Waals surface area contributed by atoms with Crippen LogP contribution in [-0.4, -0.2) is 43.8 Å². The molecule has 1 aromatic carbocycles. The summed E-state index contributed by atoms with van der Waals surface area (Å²) in [5.74, 6) is 1.65. The van der Waals surface area contributed by atoms with Gasteiger partial charge in [-0.25, -0.2) is 0 Å². The number of nitrogens with one attached hydrogen (secondary N) is 1. The van der Waals surface area contributed by atoms with Crippen LogP contribution in [0.2, 0.25) is 0 Å². The van der Waals surface area contributed by atoms with Crippen LogP contribution < -0.4 is 14.8 Å². The van der Waals surface area contributed by atoms with Gasteiger partial charge >= 0.3 is 0 Å². The van der Waals surface area contributed by atoms with Crippen molar-refractivity contribution < 1.29 is 9.47 Å². The third-order valence-electron chi connectivity index (χ3n) is 4.41. The molecule has 1 aliphatic heterocycles. The van der Waals surface area contributed by atoms with Crippen molar-refractivity contribution in [3.63, 3.8) is 0 Å². The molecule has 0 radical (unpaired) electrons. The monoisotopic (exact) mass is 290 g/mol. The summed E-state index contributed by atoms with van der Waals surface area (Å²) >= 11 is 0. The van der Waals surface area contributed by atoms with E-state index in [2.05, 4.69) is 22.3 Å². The number of nitrogens with zero attached hydrogens (tertiary/aromatic N) is 1. The van der Waals surface area contributed by atoms with Crippen LogP contribution in [0.4, 0.5) is 0 Å². The quantitative estimate of drug-likeness (QED) is 0.836. The van der Waals surface area contributed by atoms with Gasteiger partial charge in [-0.05, 0) is 43.9 Å². The molecule has 2 aliphatic rings. The van der Waals surface area contributed by atoms with E-state index in [9.17, 15) is 0 Å². The van der Waals surface area contributed by atoms with Crippen molar-refractivity contribution in [2.24, 2.45) is 0 Å². The smallest absolute Gasteiger partial charge is 0.161 e. The van der Waals surface area contributed by atoms with Crippen molar-refractivity contribution in [2.75, 3.05) is 26.8 Å². The maximum Gasteiger partial charge on any atom is 0.161 e. The number of methoxy groups -OCH3 is 1. The number of rotatable bonds is 7. The van der Waals surface area contributed by atoms with Gasteiger partial charge in [0, 0.05) is 31.7 Å². The third kappa shape index (κ3) is 3.69. The van der Waals surface area contributed by atoms with E-state index in [4.69, 9.17) is 9.47 Å². The summed E-state index contributed by atoms with van der Waals surface area (Å²) in [6, 6.07) is 7.72. The summed E-state index contributed by atoms with van der Waals surface area (Å²) < 4.78 is 11.0. The lowest BCUT2D eigenvalue weighted by atomic mass is 10.1. The lowest BCUT2D eigenvalue weighted by Gasteiger charge is -2.16. The predicted octanol–water partition coefficient (Wildman–Crippen LogP) is 2.42. The van der Waals surface area contributed by atoms with Gasteiger partial charge < -0.3 is 14.8 Å². The van der Waals surface area contributed by atoms with Gasteiger partial charge in [-0.1, -0.05) is 6.07 Å². The molecular formula is C17H26N2O2. The summed E-state index contributed by atoms with van der Waals surface area (Å²) in [5.41, 5.74) is 1.25. The molecule has 0 bridgehead atoms. The minimum absolute atomic E-state index is 0.628. The molecule has 116 valence electrons. The highest BCUT2D eigenvalue weighted by Gasteiger charge is 2.33. The zero-order valence-corrected chi connectivity index (χ0v) is 13.1. The Labute approximate surface area is 127 Å². The maximum absolute atomic E-state index is 5.56. The van der Waals surface area contributed by atoms with Gasteiger partial charge in [0.25, 0.3) is 0 Å². The van der Waals surface area contributed by atoms with E-state index in [-0.39, 0.29) is 0 Å². The highest BCUT2D eigenvalue weighted by Crippen LogP contribution is 2.30. The molecule has 1 aromatic rings. The molecule has 1 saturated carbocycles. The molecule has 1 unspecified atom stereocenters. The Morgan fingerprint density at radius 2 is 2.10 bits per heavy atom. The first-order valence-electron chi connectivity index (χ1n) is 8.07. The molecule has 1 heterocycles. The van der Waals surface area contributed by atoms with E-state index in [1.165, 1.54) is 37.9 Å². The van der Waals surface area contributed by atoms with Gasteiger partial charge in [-0.15, -0.1) is 0 Å². The largest absolute Gasteiger partial charge is 0.493 e. The molecule has 0 amide bonds. The first-order valence-corrected chi connectivity index (χ1v) is 8.07. The van der Waals surface area contributed by atoms with Crippen LogP contribution in [0.25, 0.3) is 0 Å². The van der Waals surface area contributed by atoms with E-state index < -0.39 is 0 Å². The molecule has 2 fully saturated rings. The van der Waals surface area contributed by atoms with Crippen LogP contribution in [0, 0.1) is 0 Å². The zero-order chi connectivity index (χ0) is 14.7. The van der Waals surface area contributed by atoms with Crippen LogP contribution in [0.3, 0.4) is 0 Å². The van der Waals surface area contributed by atoms with Crippen LogP contribution in [0.5, 0.6) is 11.5 Å². The minimum Gasteiger partial charge on any atom is -0.493 e.